The normalized spacial score (nSPS) is 17.3. The zero-order valence-electron chi connectivity index (χ0n) is 9.11. The molecule has 3 nitrogen and oxygen atoms in total. The van der Waals surface area contributed by atoms with Gasteiger partial charge in [0.05, 0.1) is 0 Å². The molecule has 3 rings (SSSR count). The van der Waals surface area contributed by atoms with Crippen molar-refractivity contribution >= 4 is 0 Å². The second kappa shape index (κ2) is 3.46. The monoisotopic (exact) mass is 213 g/mol. The summed E-state index contributed by atoms with van der Waals surface area (Å²) < 4.78 is 0. The van der Waals surface area contributed by atoms with Crippen molar-refractivity contribution < 1.29 is 0 Å². The van der Waals surface area contributed by atoms with Crippen LogP contribution in [0.1, 0.15) is 18.4 Å². The van der Waals surface area contributed by atoms with E-state index in [1.54, 1.807) is 6.20 Å². The maximum atomic E-state index is 5.89. The molecule has 2 aromatic rings. The summed E-state index contributed by atoms with van der Waals surface area (Å²) in [6, 6.07) is 8.42. The lowest BCUT2D eigenvalue weighted by Gasteiger charge is -2.16. The summed E-state index contributed by atoms with van der Waals surface area (Å²) in [5.74, 6) is 0.940. The number of nitrogens with two attached hydrogens (primary N) is 1. The fourth-order valence-corrected chi connectivity index (χ4v) is 2.30. The van der Waals surface area contributed by atoms with E-state index in [2.05, 4.69) is 28.2 Å². The Kier molecular flexibility index (Phi) is 2.07. The summed E-state index contributed by atoms with van der Waals surface area (Å²) in [6.07, 6.45) is 6.03. The molecule has 1 aromatic heterocycles. The molecule has 1 heterocycles. The lowest BCUT2D eigenvalue weighted by atomic mass is 9.91. The Hall–Kier alpha value is -1.61. The van der Waals surface area contributed by atoms with Gasteiger partial charge >= 0.3 is 0 Å². The standard InChI is InChI=1S/C13H15N3/c14-9-13(5-6-13)11-4-2-1-3-10(11)12-15-7-8-16-12/h1-4,7-8H,5-6,9,14H2,(H,15,16). The topological polar surface area (TPSA) is 54.7 Å². The Morgan fingerprint density at radius 3 is 2.75 bits per heavy atom. The third-order valence-electron chi connectivity index (χ3n) is 3.50. The highest BCUT2D eigenvalue weighted by molar-refractivity contribution is 5.63. The first-order valence-electron chi connectivity index (χ1n) is 5.65. The summed E-state index contributed by atoms with van der Waals surface area (Å²) in [4.78, 5) is 7.49. The molecule has 3 N–H and O–H groups in total. The molecule has 0 saturated heterocycles. The largest absolute Gasteiger partial charge is 0.345 e. The second-order valence-electron chi connectivity index (χ2n) is 4.47. The Labute approximate surface area is 94.7 Å². The number of imidazole rings is 1. The number of aromatic amines is 1. The number of hydrogen-bond donors (Lipinski definition) is 2. The van der Waals surface area contributed by atoms with Crippen molar-refractivity contribution in [2.75, 3.05) is 6.54 Å². The number of aromatic nitrogens is 2. The van der Waals surface area contributed by atoms with Crippen LogP contribution >= 0.6 is 0 Å². The number of nitrogens with zero attached hydrogens (tertiary/aromatic N) is 1. The van der Waals surface area contributed by atoms with Crippen molar-refractivity contribution in [3.63, 3.8) is 0 Å². The number of rotatable bonds is 3. The van der Waals surface area contributed by atoms with Crippen LogP contribution in [0.5, 0.6) is 0 Å². The molecular formula is C13H15N3. The molecule has 0 bridgehead atoms. The van der Waals surface area contributed by atoms with E-state index in [9.17, 15) is 0 Å². The van der Waals surface area contributed by atoms with Gasteiger partial charge in [-0.15, -0.1) is 0 Å². The fraction of sp³-hybridized carbons (Fsp3) is 0.308. The average molecular weight is 213 g/mol. The Morgan fingerprint density at radius 1 is 1.31 bits per heavy atom. The first kappa shape index (κ1) is 9.60. The molecular weight excluding hydrogens is 198 g/mol. The van der Waals surface area contributed by atoms with Gasteiger partial charge in [0.15, 0.2) is 0 Å². The molecule has 0 atom stereocenters. The summed E-state index contributed by atoms with van der Waals surface area (Å²) in [6.45, 7) is 0.727. The van der Waals surface area contributed by atoms with Gasteiger partial charge in [-0.2, -0.15) is 0 Å². The van der Waals surface area contributed by atoms with Gasteiger partial charge < -0.3 is 10.7 Å². The zero-order valence-corrected chi connectivity index (χ0v) is 9.11. The molecule has 3 heteroatoms. The number of benzene rings is 1. The maximum Gasteiger partial charge on any atom is 0.137 e. The van der Waals surface area contributed by atoms with Gasteiger partial charge in [0, 0.05) is 29.9 Å². The van der Waals surface area contributed by atoms with E-state index in [1.807, 2.05) is 12.3 Å². The van der Waals surface area contributed by atoms with Crippen LogP contribution in [0.15, 0.2) is 36.7 Å². The highest BCUT2D eigenvalue weighted by Crippen LogP contribution is 2.49. The smallest absolute Gasteiger partial charge is 0.137 e. The van der Waals surface area contributed by atoms with Gasteiger partial charge in [-0.3, -0.25) is 0 Å². The quantitative estimate of drug-likeness (QED) is 0.820. The third-order valence-corrected chi connectivity index (χ3v) is 3.50. The van der Waals surface area contributed by atoms with E-state index in [1.165, 1.54) is 24.0 Å². The molecule has 82 valence electrons. The molecule has 0 unspecified atom stereocenters. The van der Waals surface area contributed by atoms with Gasteiger partial charge in [-0.05, 0) is 18.4 Å². The lowest BCUT2D eigenvalue weighted by molar-refractivity contribution is 0.706. The minimum absolute atomic E-state index is 0.212. The van der Waals surface area contributed by atoms with Gasteiger partial charge in [-0.1, -0.05) is 24.3 Å². The van der Waals surface area contributed by atoms with Crippen LogP contribution in [0.2, 0.25) is 0 Å². The number of nitrogens with one attached hydrogen (secondary N) is 1. The molecule has 16 heavy (non-hydrogen) atoms. The van der Waals surface area contributed by atoms with Crippen molar-refractivity contribution in [3.05, 3.63) is 42.2 Å². The van der Waals surface area contributed by atoms with Gasteiger partial charge in [0.25, 0.3) is 0 Å². The van der Waals surface area contributed by atoms with Crippen LogP contribution in [0.3, 0.4) is 0 Å². The first-order valence-corrected chi connectivity index (χ1v) is 5.65. The van der Waals surface area contributed by atoms with Crippen molar-refractivity contribution in [2.45, 2.75) is 18.3 Å². The molecule has 0 spiro atoms. The Morgan fingerprint density at radius 2 is 2.12 bits per heavy atom. The van der Waals surface area contributed by atoms with Gasteiger partial charge in [0.2, 0.25) is 0 Å². The molecule has 1 aliphatic rings. The molecule has 0 radical (unpaired) electrons. The van der Waals surface area contributed by atoms with Crippen molar-refractivity contribution in [1.82, 2.24) is 9.97 Å². The molecule has 1 aliphatic carbocycles. The summed E-state index contributed by atoms with van der Waals surface area (Å²) >= 11 is 0. The summed E-state index contributed by atoms with van der Waals surface area (Å²) in [5.41, 5.74) is 8.63. The van der Waals surface area contributed by atoms with Crippen LogP contribution in [-0.4, -0.2) is 16.5 Å². The number of hydrogen-bond acceptors (Lipinski definition) is 2. The first-order chi connectivity index (χ1) is 7.86. The highest BCUT2D eigenvalue weighted by Gasteiger charge is 2.44. The van der Waals surface area contributed by atoms with Crippen LogP contribution in [0.4, 0.5) is 0 Å². The summed E-state index contributed by atoms with van der Waals surface area (Å²) in [5, 5.41) is 0. The Balaban J connectivity index is 2.12. The van der Waals surface area contributed by atoms with E-state index in [4.69, 9.17) is 5.73 Å². The van der Waals surface area contributed by atoms with E-state index >= 15 is 0 Å². The predicted molar refractivity (Wildman–Crippen MR) is 64.0 cm³/mol. The number of H-pyrrole nitrogens is 1. The van der Waals surface area contributed by atoms with E-state index in [0.29, 0.717) is 0 Å². The van der Waals surface area contributed by atoms with Crippen LogP contribution in [-0.2, 0) is 5.41 Å². The Bertz CT molecular complexity index is 484. The average Bonchev–Trinajstić information content (AvgIpc) is 2.95. The maximum absolute atomic E-state index is 5.89. The van der Waals surface area contributed by atoms with Gasteiger partial charge in [-0.25, -0.2) is 4.98 Å². The molecule has 1 saturated carbocycles. The molecule has 0 aliphatic heterocycles. The van der Waals surface area contributed by atoms with E-state index < -0.39 is 0 Å². The molecule has 0 amide bonds. The SMILES string of the molecule is NCC1(c2ccccc2-c2ncc[nH]2)CC1. The predicted octanol–water partition coefficient (Wildman–Crippen LogP) is 2.07. The lowest BCUT2D eigenvalue weighted by Crippen LogP contribution is -2.20. The summed E-state index contributed by atoms with van der Waals surface area (Å²) in [7, 11) is 0. The fourth-order valence-electron chi connectivity index (χ4n) is 2.30. The third kappa shape index (κ3) is 1.36. The minimum Gasteiger partial charge on any atom is -0.345 e. The van der Waals surface area contributed by atoms with E-state index in [-0.39, 0.29) is 5.41 Å². The van der Waals surface area contributed by atoms with Crippen LogP contribution in [0.25, 0.3) is 11.4 Å². The van der Waals surface area contributed by atoms with Crippen molar-refractivity contribution in [3.8, 4) is 11.4 Å². The van der Waals surface area contributed by atoms with E-state index in [0.717, 1.165) is 12.4 Å². The van der Waals surface area contributed by atoms with Crippen LogP contribution in [0, 0.1) is 0 Å². The zero-order chi connectivity index (χ0) is 11.0. The van der Waals surface area contributed by atoms with Gasteiger partial charge in [0.1, 0.15) is 5.82 Å². The molecule has 1 fully saturated rings. The van der Waals surface area contributed by atoms with Crippen molar-refractivity contribution in [2.24, 2.45) is 5.73 Å². The molecule has 1 aromatic carbocycles. The van der Waals surface area contributed by atoms with Crippen LogP contribution < -0.4 is 5.73 Å². The minimum atomic E-state index is 0.212. The second-order valence-corrected chi connectivity index (χ2v) is 4.47. The van der Waals surface area contributed by atoms with Crippen molar-refractivity contribution in [1.29, 1.82) is 0 Å². The highest BCUT2D eigenvalue weighted by atomic mass is 14.9.